The van der Waals surface area contributed by atoms with Gasteiger partial charge in [0.25, 0.3) is 5.56 Å². The number of carbonyl (C=O) groups is 1. The molecule has 0 aromatic carbocycles. The van der Waals surface area contributed by atoms with Crippen molar-refractivity contribution in [1.82, 2.24) is 14.9 Å². The van der Waals surface area contributed by atoms with Gasteiger partial charge in [-0.25, -0.2) is 4.98 Å². The standard InChI is InChI=1S/C14H17N3O3S/c1-20-14(19)10-4-2-3-6-17(10)8-11-15-9-5-7-21-12(9)13(18)16-11/h5,7,10H,2-4,6,8H2,1H3,(H,15,16,18)/t10-/m1/s1. The lowest BCUT2D eigenvalue weighted by Gasteiger charge is -2.33. The van der Waals surface area contributed by atoms with Crippen molar-refractivity contribution >= 4 is 27.5 Å². The van der Waals surface area contributed by atoms with E-state index in [9.17, 15) is 9.59 Å². The smallest absolute Gasteiger partial charge is 0.323 e. The first-order valence-electron chi connectivity index (χ1n) is 6.97. The summed E-state index contributed by atoms with van der Waals surface area (Å²) in [5.74, 6) is 0.385. The second-order valence-corrected chi connectivity index (χ2v) is 6.07. The lowest BCUT2D eigenvalue weighted by atomic mass is 10.0. The molecule has 3 heterocycles. The van der Waals surface area contributed by atoms with Gasteiger partial charge in [-0.2, -0.15) is 0 Å². The van der Waals surface area contributed by atoms with Crippen LogP contribution in [0.3, 0.4) is 0 Å². The summed E-state index contributed by atoms with van der Waals surface area (Å²) in [5, 5.41) is 1.86. The summed E-state index contributed by atoms with van der Waals surface area (Å²) in [6.07, 6.45) is 2.85. The van der Waals surface area contributed by atoms with Crippen LogP contribution in [-0.4, -0.2) is 40.5 Å². The van der Waals surface area contributed by atoms with E-state index in [0.717, 1.165) is 25.8 Å². The SMILES string of the molecule is COC(=O)[C@H]1CCCCN1Cc1nc2ccsc2c(=O)[nH]1. The molecule has 3 rings (SSSR count). The monoisotopic (exact) mass is 307 g/mol. The molecule has 0 saturated carbocycles. The maximum Gasteiger partial charge on any atom is 0.323 e. The third-order valence-electron chi connectivity index (χ3n) is 3.80. The molecule has 1 aliphatic rings. The Morgan fingerprint density at radius 3 is 3.24 bits per heavy atom. The zero-order chi connectivity index (χ0) is 14.8. The third-order valence-corrected chi connectivity index (χ3v) is 4.71. The molecule has 0 bridgehead atoms. The average molecular weight is 307 g/mol. The van der Waals surface area contributed by atoms with E-state index in [2.05, 4.69) is 9.97 Å². The first-order valence-corrected chi connectivity index (χ1v) is 7.85. The number of fused-ring (bicyclic) bond motifs is 1. The number of aromatic nitrogens is 2. The molecule has 1 aliphatic heterocycles. The molecule has 0 spiro atoms. The normalized spacial score (nSPS) is 19.8. The fraction of sp³-hybridized carbons (Fsp3) is 0.500. The molecule has 0 aliphatic carbocycles. The summed E-state index contributed by atoms with van der Waals surface area (Å²) in [6.45, 7) is 1.27. The van der Waals surface area contributed by atoms with Gasteiger partial charge in [0, 0.05) is 0 Å². The number of methoxy groups -OCH3 is 1. The Kier molecular flexibility index (Phi) is 4.03. The maximum atomic E-state index is 12.0. The molecule has 1 atom stereocenters. The Morgan fingerprint density at radius 1 is 1.57 bits per heavy atom. The van der Waals surface area contributed by atoms with Crippen LogP contribution in [0.1, 0.15) is 25.1 Å². The summed E-state index contributed by atoms with van der Waals surface area (Å²) in [5.41, 5.74) is 0.599. The van der Waals surface area contributed by atoms with Crippen LogP contribution in [-0.2, 0) is 16.1 Å². The minimum absolute atomic E-state index is 0.114. The van der Waals surface area contributed by atoms with Crippen LogP contribution in [0.4, 0.5) is 0 Å². The molecule has 21 heavy (non-hydrogen) atoms. The van der Waals surface area contributed by atoms with Crippen LogP contribution >= 0.6 is 11.3 Å². The number of carbonyl (C=O) groups excluding carboxylic acids is 1. The van der Waals surface area contributed by atoms with E-state index in [0.29, 0.717) is 22.6 Å². The van der Waals surface area contributed by atoms with Crippen molar-refractivity contribution in [1.29, 1.82) is 0 Å². The lowest BCUT2D eigenvalue weighted by molar-refractivity contribution is -0.148. The van der Waals surface area contributed by atoms with Crippen molar-refractivity contribution in [2.75, 3.05) is 13.7 Å². The number of piperidine rings is 1. The summed E-state index contributed by atoms with van der Waals surface area (Å²) in [6, 6.07) is 1.60. The van der Waals surface area contributed by atoms with Crippen molar-refractivity contribution in [3.05, 3.63) is 27.6 Å². The van der Waals surface area contributed by atoms with Gasteiger partial charge in [-0.15, -0.1) is 11.3 Å². The fourth-order valence-electron chi connectivity index (χ4n) is 2.77. The predicted molar refractivity (Wildman–Crippen MR) is 80.3 cm³/mol. The van der Waals surface area contributed by atoms with Crippen LogP contribution < -0.4 is 5.56 Å². The van der Waals surface area contributed by atoms with Crippen molar-refractivity contribution in [2.24, 2.45) is 0 Å². The number of H-pyrrole nitrogens is 1. The quantitative estimate of drug-likeness (QED) is 0.870. The predicted octanol–water partition coefficient (Wildman–Crippen LogP) is 1.51. The van der Waals surface area contributed by atoms with Crippen LogP contribution in [0.2, 0.25) is 0 Å². The zero-order valence-corrected chi connectivity index (χ0v) is 12.6. The van der Waals surface area contributed by atoms with E-state index >= 15 is 0 Å². The molecule has 2 aromatic rings. The van der Waals surface area contributed by atoms with Gasteiger partial charge in [0.05, 0.1) is 19.2 Å². The van der Waals surface area contributed by atoms with Gasteiger partial charge in [-0.3, -0.25) is 14.5 Å². The zero-order valence-electron chi connectivity index (χ0n) is 11.8. The molecular weight excluding hydrogens is 290 g/mol. The average Bonchev–Trinajstić information content (AvgIpc) is 2.96. The van der Waals surface area contributed by atoms with E-state index in [1.54, 1.807) is 0 Å². The van der Waals surface area contributed by atoms with Crippen LogP contribution in [0.15, 0.2) is 16.2 Å². The molecular formula is C14H17N3O3S. The highest BCUT2D eigenvalue weighted by atomic mass is 32.1. The number of nitrogens with one attached hydrogen (secondary N) is 1. The van der Waals surface area contributed by atoms with Gasteiger partial charge in [0.2, 0.25) is 0 Å². The van der Waals surface area contributed by atoms with E-state index in [4.69, 9.17) is 4.74 Å². The number of ether oxygens (including phenoxy) is 1. The molecule has 0 radical (unpaired) electrons. The summed E-state index contributed by atoms with van der Waals surface area (Å²) >= 11 is 1.38. The molecule has 1 fully saturated rings. The van der Waals surface area contributed by atoms with Gasteiger partial charge in [-0.05, 0) is 30.8 Å². The Balaban J connectivity index is 1.85. The topological polar surface area (TPSA) is 75.3 Å². The second-order valence-electron chi connectivity index (χ2n) is 5.15. The van der Waals surface area contributed by atoms with E-state index in [1.165, 1.54) is 18.4 Å². The molecule has 6 nitrogen and oxygen atoms in total. The number of esters is 1. The van der Waals surface area contributed by atoms with Gasteiger partial charge < -0.3 is 9.72 Å². The van der Waals surface area contributed by atoms with Gasteiger partial charge in [-0.1, -0.05) is 6.42 Å². The molecule has 7 heteroatoms. The lowest BCUT2D eigenvalue weighted by Crippen LogP contribution is -2.45. The Morgan fingerprint density at radius 2 is 2.43 bits per heavy atom. The summed E-state index contributed by atoms with van der Waals surface area (Å²) in [7, 11) is 1.41. The molecule has 1 N–H and O–H groups in total. The molecule has 112 valence electrons. The summed E-state index contributed by atoms with van der Waals surface area (Å²) in [4.78, 5) is 33.1. The molecule has 0 unspecified atom stereocenters. The van der Waals surface area contributed by atoms with Gasteiger partial charge >= 0.3 is 5.97 Å². The second kappa shape index (κ2) is 5.95. The van der Waals surface area contributed by atoms with Crippen molar-refractivity contribution in [3.63, 3.8) is 0 Å². The number of aromatic amines is 1. The van der Waals surface area contributed by atoms with Crippen molar-refractivity contribution < 1.29 is 9.53 Å². The van der Waals surface area contributed by atoms with Gasteiger partial charge in [0.15, 0.2) is 0 Å². The van der Waals surface area contributed by atoms with E-state index in [-0.39, 0.29) is 17.6 Å². The number of rotatable bonds is 3. The molecule has 2 aromatic heterocycles. The maximum absolute atomic E-state index is 12.0. The van der Waals surface area contributed by atoms with E-state index in [1.807, 2.05) is 16.3 Å². The number of hydrogen-bond acceptors (Lipinski definition) is 6. The minimum Gasteiger partial charge on any atom is -0.468 e. The molecule has 0 amide bonds. The van der Waals surface area contributed by atoms with Crippen molar-refractivity contribution in [3.8, 4) is 0 Å². The highest BCUT2D eigenvalue weighted by molar-refractivity contribution is 7.17. The third kappa shape index (κ3) is 2.84. The number of thiophene rings is 1. The summed E-state index contributed by atoms with van der Waals surface area (Å²) < 4.78 is 5.51. The Hall–Kier alpha value is -1.73. The molecule has 1 saturated heterocycles. The Bertz CT molecular complexity index is 709. The van der Waals surface area contributed by atoms with Crippen LogP contribution in [0.25, 0.3) is 10.2 Å². The largest absolute Gasteiger partial charge is 0.468 e. The van der Waals surface area contributed by atoms with E-state index < -0.39 is 0 Å². The minimum atomic E-state index is -0.243. The highest BCUT2D eigenvalue weighted by Crippen LogP contribution is 2.20. The number of hydrogen-bond donors (Lipinski definition) is 1. The first-order chi connectivity index (χ1) is 10.2. The van der Waals surface area contributed by atoms with Gasteiger partial charge in [0.1, 0.15) is 16.6 Å². The number of nitrogens with zero attached hydrogens (tertiary/aromatic N) is 2. The first kappa shape index (κ1) is 14.2. The van der Waals surface area contributed by atoms with Crippen molar-refractivity contribution in [2.45, 2.75) is 31.8 Å². The van der Waals surface area contributed by atoms with Crippen LogP contribution in [0, 0.1) is 0 Å². The highest BCUT2D eigenvalue weighted by Gasteiger charge is 2.29. The number of likely N-dealkylation sites (tertiary alicyclic amines) is 1. The van der Waals surface area contributed by atoms with Crippen LogP contribution in [0.5, 0.6) is 0 Å². The fourth-order valence-corrected chi connectivity index (χ4v) is 3.50. The Labute approximate surface area is 125 Å².